The molecule has 1 unspecified atom stereocenters. The number of aromatic nitrogens is 2. The Morgan fingerprint density at radius 2 is 1.90 bits per heavy atom. The van der Waals surface area contributed by atoms with Crippen LogP contribution in [0.1, 0.15) is 33.5 Å². The average Bonchev–Trinajstić information content (AvgIpc) is 2.46. The van der Waals surface area contributed by atoms with Crippen LogP contribution in [0.4, 0.5) is 5.82 Å². The molecular weight excluding hydrogens is 268 g/mol. The topological polar surface area (TPSA) is 69.6 Å². The smallest absolute Gasteiger partial charge is 0.251 e. The van der Waals surface area contributed by atoms with Crippen LogP contribution in [0.5, 0.6) is 0 Å². The molecule has 1 fully saturated rings. The summed E-state index contributed by atoms with van der Waals surface area (Å²) in [5, 5.41) is 9.36. The van der Waals surface area contributed by atoms with Crippen LogP contribution in [0.15, 0.2) is 12.3 Å². The Morgan fingerprint density at radius 3 is 2.43 bits per heavy atom. The highest BCUT2D eigenvalue weighted by molar-refractivity contribution is 5.80. The Labute approximate surface area is 125 Å². The monoisotopic (exact) mass is 292 g/mol. The van der Waals surface area contributed by atoms with Gasteiger partial charge in [0.15, 0.2) is 0 Å². The van der Waals surface area contributed by atoms with E-state index in [0.29, 0.717) is 13.1 Å². The van der Waals surface area contributed by atoms with E-state index in [-0.39, 0.29) is 11.3 Å². The van der Waals surface area contributed by atoms with Crippen molar-refractivity contribution in [1.82, 2.24) is 14.9 Å². The zero-order valence-corrected chi connectivity index (χ0v) is 13.2. The Kier molecular flexibility index (Phi) is 4.46. The molecule has 1 aliphatic rings. The van der Waals surface area contributed by atoms with E-state index in [1.807, 2.05) is 6.07 Å². The van der Waals surface area contributed by atoms with E-state index < -0.39 is 6.10 Å². The first-order chi connectivity index (χ1) is 9.79. The summed E-state index contributed by atoms with van der Waals surface area (Å²) in [6.45, 7) is 10.4. The number of aliphatic hydroxyl groups is 1. The van der Waals surface area contributed by atoms with E-state index in [0.717, 1.165) is 24.7 Å². The van der Waals surface area contributed by atoms with Crippen LogP contribution in [0.3, 0.4) is 0 Å². The fraction of sp³-hybridized carbons (Fsp3) is 0.667. The van der Waals surface area contributed by atoms with Crippen molar-refractivity contribution >= 4 is 11.7 Å². The van der Waals surface area contributed by atoms with Gasteiger partial charge in [-0.3, -0.25) is 4.79 Å². The Morgan fingerprint density at radius 1 is 1.29 bits per heavy atom. The standard InChI is InChI=1S/C15H24N4O2/c1-11(20)13(21)19-9-7-18(8-10-19)12-5-6-16-14(17-12)15(2,3)4/h5-6,11,20H,7-10H2,1-4H3. The Bertz CT molecular complexity index is 503. The molecule has 116 valence electrons. The van der Waals surface area contributed by atoms with Crippen molar-refractivity contribution < 1.29 is 9.90 Å². The first-order valence-electron chi connectivity index (χ1n) is 7.34. The van der Waals surface area contributed by atoms with Crippen molar-refractivity contribution in [1.29, 1.82) is 0 Å². The van der Waals surface area contributed by atoms with E-state index in [4.69, 9.17) is 0 Å². The largest absolute Gasteiger partial charge is 0.384 e. The average molecular weight is 292 g/mol. The predicted molar refractivity (Wildman–Crippen MR) is 81.2 cm³/mol. The molecular formula is C15H24N4O2. The zero-order valence-electron chi connectivity index (χ0n) is 13.2. The SMILES string of the molecule is CC(O)C(=O)N1CCN(c2ccnc(C(C)(C)C)n2)CC1. The minimum atomic E-state index is -0.928. The highest BCUT2D eigenvalue weighted by Gasteiger charge is 2.25. The molecule has 1 aromatic rings. The summed E-state index contributed by atoms with van der Waals surface area (Å²) < 4.78 is 0. The molecule has 0 radical (unpaired) electrons. The van der Waals surface area contributed by atoms with Crippen LogP contribution in [0.25, 0.3) is 0 Å². The van der Waals surface area contributed by atoms with E-state index >= 15 is 0 Å². The third-order valence-electron chi connectivity index (χ3n) is 3.58. The van der Waals surface area contributed by atoms with Gasteiger partial charge in [-0.1, -0.05) is 20.8 Å². The van der Waals surface area contributed by atoms with Gasteiger partial charge in [-0.25, -0.2) is 9.97 Å². The number of aliphatic hydroxyl groups excluding tert-OH is 1. The molecule has 2 heterocycles. The van der Waals surface area contributed by atoms with Crippen molar-refractivity contribution in [2.24, 2.45) is 0 Å². The maximum atomic E-state index is 11.8. The quantitative estimate of drug-likeness (QED) is 0.873. The molecule has 0 aliphatic carbocycles. The molecule has 1 N–H and O–H groups in total. The van der Waals surface area contributed by atoms with Crippen molar-refractivity contribution in [3.8, 4) is 0 Å². The lowest BCUT2D eigenvalue weighted by molar-refractivity contribution is -0.139. The number of carbonyl (C=O) groups excluding carboxylic acids is 1. The minimum Gasteiger partial charge on any atom is -0.384 e. The van der Waals surface area contributed by atoms with E-state index in [1.54, 1.807) is 11.1 Å². The molecule has 0 saturated carbocycles. The molecule has 0 spiro atoms. The number of hydrogen-bond donors (Lipinski definition) is 1. The number of anilines is 1. The normalized spacial score (nSPS) is 17.8. The molecule has 1 aliphatic heterocycles. The van der Waals surface area contributed by atoms with Crippen molar-refractivity contribution in [3.05, 3.63) is 18.1 Å². The third kappa shape index (κ3) is 3.69. The van der Waals surface area contributed by atoms with Crippen molar-refractivity contribution in [2.45, 2.75) is 39.2 Å². The van der Waals surface area contributed by atoms with Crippen LogP contribution in [0, 0.1) is 0 Å². The fourth-order valence-corrected chi connectivity index (χ4v) is 2.31. The molecule has 1 atom stereocenters. The molecule has 1 saturated heterocycles. The number of nitrogens with zero attached hydrogens (tertiary/aromatic N) is 4. The molecule has 2 rings (SSSR count). The van der Waals surface area contributed by atoms with Gasteiger partial charge in [-0.05, 0) is 13.0 Å². The molecule has 6 heteroatoms. The van der Waals surface area contributed by atoms with Crippen molar-refractivity contribution in [2.75, 3.05) is 31.1 Å². The lowest BCUT2D eigenvalue weighted by Crippen LogP contribution is -2.51. The van der Waals surface area contributed by atoms with E-state index in [2.05, 4.69) is 35.6 Å². The Hall–Kier alpha value is -1.69. The van der Waals surface area contributed by atoms with Crippen molar-refractivity contribution in [3.63, 3.8) is 0 Å². The van der Waals surface area contributed by atoms with Gasteiger partial charge < -0.3 is 14.9 Å². The number of amides is 1. The van der Waals surface area contributed by atoms with Gasteiger partial charge in [0.05, 0.1) is 0 Å². The van der Waals surface area contributed by atoms with E-state index in [9.17, 15) is 9.90 Å². The predicted octanol–water partition coefficient (Wildman–Crippen LogP) is 0.803. The lowest BCUT2D eigenvalue weighted by atomic mass is 9.96. The molecule has 1 amide bonds. The molecule has 0 aromatic carbocycles. The van der Waals surface area contributed by atoms with E-state index in [1.165, 1.54) is 6.92 Å². The third-order valence-corrected chi connectivity index (χ3v) is 3.58. The van der Waals surface area contributed by atoms with Gasteiger partial charge in [-0.15, -0.1) is 0 Å². The maximum absolute atomic E-state index is 11.8. The summed E-state index contributed by atoms with van der Waals surface area (Å²) in [5.41, 5.74) is -0.0832. The van der Waals surface area contributed by atoms with Crippen LogP contribution in [0.2, 0.25) is 0 Å². The number of hydrogen-bond acceptors (Lipinski definition) is 5. The van der Waals surface area contributed by atoms with Crippen LogP contribution < -0.4 is 4.90 Å². The fourth-order valence-electron chi connectivity index (χ4n) is 2.31. The second-order valence-corrected chi connectivity index (χ2v) is 6.48. The van der Waals surface area contributed by atoms with Gasteiger partial charge in [0, 0.05) is 37.8 Å². The maximum Gasteiger partial charge on any atom is 0.251 e. The molecule has 1 aromatic heterocycles. The van der Waals surface area contributed by atoms with Gasteiger partial charge in [0.2, 0.25) is 0 Å². The number of rotatable bonds is 2. The molecule has 0 bridgehead atoms. The highest BCUT2D eigenvalue weighted by atomic mass is 16.3. The number of carbonyl (C=O) groups is 1. The molecule has 6 nitrogen and oxygen atoms in total. The first kappa shape index (κ1) is 15.7. The second-order valence-electron chi connectivity index (χ2n) is 6.48. The van der Waals surface area contributed by atoms with Crippen LogP contribution in [-0.4, -0.2) is 58.2 Å². The Balaban J connectivity index is 2.04. The molecule has 21 heavy (non-hydrogen) atoms. The summed E-state index contributed by atoms with van der Waals surface area (Å²) >= 11 is 0. The summed E-state index contributed by atoms with van der Waals surface area (Å²) in [5.74, 6) is 1.52. The first-order valence-corrected chi connectivity index (χ1v) is 7.34. The zero-order chi connectivity index (χ0) is 15.6. The van der Waals surface area contributed by atoms with Gasteiger partial charge in [0.25, 0.3) is 5.91 Å². The van der Waals surface area contributed by atoms with Gasteiger partial charge in [0.1, 0.15) is 17.7 Å². The summed E-state index contributed by atoms with van der Waals surface area (Å²) in [6.07, 6.45) is 0.860. The van der Waals surface area contributed by atoms with Gasteiger partial charge in [-0.2, -0.15) is 0 Å². The highest BCUT2D eigenvalue weighted by Crippen LogP contribution is 2.21. The second kappa shape index (κ2) is 5.97. The van der Waals surface area contributed by atoms with Gasteiger partial charge >= 0.3 is 0 Å². The lowest BCUT2D eigenvalue weighted by Gasteiger charge is -2.36. The number of piperazine rings is 1. The van der Waals surface area contributed by atoms with Crippen LogP contribution in [-0.2, 0) is 10.2 Å². The minimum absolute atomic E-state index is 0.0832. The summed E-state index contributed by atoms with van der Waals surface area (Å²) in [7, 11) is 0. The summed E-state index contributed by atoms with van der Waals surface area (Å²) in [6, 6.07) is 1.90. The summed E-state index contributed by atoms with van der Waals surface area (Å²) in [4.78, 5) is 24.6. The van der Waals surface area contributed by atoms with Crippen LogP contribution >= 0.6 is 0 Å².